The topological polar surface area (TPSA) is 29.9 Å². The average molecular weight is 342 g/mol. The van der Waals surface area contributed by atoms with Crippen molar-refractivity contribution in [3.63, 3.8) is 0 Å². The van der Waals surface area contributed by atoms with Crippen LogP contribution in [0.1, 0.15) is 39.1 Å². The number of rotatable bonds is 8. The van der Waals surface area contributed by atoms with E-state index >= 15 is 0 Å². The molecule has 0 saturated heterocycles. The number of aromatic nitrogens is 2. The van der Waals surface area contributed by atoms with Gasteiger partial charge < -0.3 is 5.32 Å². The first kappa shape index (κ1) is 17.4. The second kappa shape index (κ2) is 7.41. The molecular formula is C16H28BrN3. The molecule has 20 heavy (non-hydrogen) atoms. The van der Waals surface area contributed by atoms with Crippen molar-refractivity contribution < 1.29 is 0 Å². The molecule has 0 aliphatic rings. The highest BCUT2D eigenvalue weighted by atomic mass is 79.9. The van der Waals surface area contributed by atoms with Gasteiger partial charge >= 0.3 is 0 Å². The minimum atomic E-state index is 0.0385. The van der Waals surface area contributed by atoms with Gasteiger partial charge in [0.25, 0.3) is 0 Å². The summed E-state index contributed by atoms with van der Waals surface area (Å²) in [6.07, 6.45) is 3.01. The highest BCUT2D eigenvalue weighted by Crippen LogP contribution is 2.29. The molecule has 0 bridgehead atoms. The summed E-state index contributed by atoms with van der Waals surface area (Å²) in [6, 6.07) is 0. The van der Waals surface area contributed by atoms with Crippen LogP contribution in [-0.2, 0) is 13.0 Å². The molecule has 1 aromatic rings. The van der Waals surface area contributed by atoms with E-state index in [0.717, 1.165) is 36.2 Å². The summed E-state index contributed by atoms with van der Waals surface area (Å²) in [6.45, 7) is 17.8. The van der Waals surface area contributed by atoms with Crippen LogP contribution in [0.3, 0.4) is 0 Å². The van der Waals surface area contributed by atoms with Crippen LogP contribution in [0.4, 0.5) is 0 Å². The van der Waals surface area contributed by atoms with Gasteiger partial charge in [0.1, 0.15) is 0 Å². The first-order valence-electron chi connectivity index (χ1n) is 7.39. The van der Waals surface area contributed by atoms with Crippen molar-refractivity contribution in [1.29, 1.82) is 0 Å². The fourth-order valence-corrected chi connectivity index (χ4v) is 2.70. The van der Waals surface area contributed by atoms with Crippen LogP contribution in [0, 0.1) is 18.3 Å². The Morgan fingerprint density at radius 1 is 1.50 bits per heavy atom. The normalized spacial score (nSPS) is 14.6. The molecule has 0 aliphatic carbocycles. The molecule has 0 aliphatic heterocycles. The van der Waals surface area contributed by atoms with Crippen molar-refractivity contribution in [1.82, 2.24) is 15.1 Å². The van der Waals surface area contributed by atoms with Gasteiger partial charge in [0, 0.05) is 24.9 Å². The Morgan fingerprint density at radius 2 is 2.15 bits per heavy atom. The van der Waals surface area contributed by atoms with Crippen molar-refractivity contribution in [2.75, 3.05) is 13.1 Å². The zero-order valence-electron chi connectivity index (χ0n) is 13.5. The molecule has 114 valence electrons. The van der Waals surface area contributed by atoms with Crippen molar-refractivity contribution in [2.24, 2.45) is 11.3 Å². The lowest BCUT2D eigenvalue weighted by atomic mass is 9.85. The Bertz CT molecular complexity index is 451. The maximum atomic E-state index is 4.57. The van der Waals surface area contributed by atoms with Crippen molar-refractivity contribution in [2.45, 2.75) is 47.6 Å². The van der Waals surface area contributed by atoms with Gasteiger partial charge in [-0.2, -0.15) is 5.10 Å². The number of nitrogens with one attached hydrogen (secondary N) is 1. The van der Waals surface area contributed by atoms with Crippen LogP contribution < -0.4 is 5.32 Å². The van der Waals surface area contributed by atoms with E-state index in [1.165, 1.54) is 5.69 Å². The lowest BCUT2D eigenvalue weighted by Crippen LogP contribution is -2.34. The Hall–Kier alpha value is -0.610. The predicted molar refractivity (Wildman–Crippen MR) is 90.1 cm³/mol. The van der Waals surface area contributed by atoms with E-state index in [1.807, 2.05) is 6.92 Å². The fourth-order valence-electron chi connectivity index (χ4n) is 2.27. The summed E-state index contributed by atoms with van der Waals surface area (Å²) >= 11 is 3.68. The number of nitrogens with zero attached hydrogens (tertiary/aromatic N) is 2. The van der Waals surface area contributed by atoms with Gasteiger partial charge in [0.2, 0.25) is 0 Å². The molecule has 1 N–H and O–H groups in total. The molecule has 4 heteroatoms. The number of aryl methyl sites for hydroxylation is 2. The standard InChI is InChI=1S/C16H28BrN3/c1-7-16(6,11-18-10-12(3)4)9-14-15(17)13(5)19-20(14)8-2/h7,12,18H,1,8-11H2,2-6H3. The Balaban J connectivity index is 2.84. The second-order valence-corrected chi connectivity index (χ2v) is 7.01. The molecule has 0 spiro atoms. The first-order chi connectivity index (χ1) is 9.33. The van der Waals surface area contributed by atoms with Gasteiger partial charge in [-0.05, 0) is 42.2 Å². The van der Waals surface area contributed by atoms with Crippen LogP contribution in [-0.4, -0.2) is 22.9 Å². The van der Waals surface area contributed by atoms with Gasteiger partial charge in [0.05, 0.1) is 15.9 Å². The second-order valence-electron chi connectivity index (χ2n) is 6.22. The van der Waals surface area contributed by atoms with Gasteiger partial charge in [-0.15, -0.1) is 6.58 Å². The molecule has 1 unspecified atom stereocenters. The molecule has 1 heterocycles. The van der Waals surface area contributed by atoms with Gasteiger partial charge in [-0.25, -0.2) is 0 Å². The first-order valence-corrected chi connectivity index (χ1v) is 8.18. The molecule has 0 amide bonds. The van der Waals surface area contributed by atoms with E-state index in [9.17, 15) is 0 Å². The van der Waals surface area contributed by atoms with Crippen molar-refractivity contribution in [3.05, 3.63) is 28.5 Å². The highest BCUT2D eigenvalue weighted by molar-refractivity contribution is 9.10. The maximum absolute atomic E-state index is 4.57. The number of hydrogen-bond donors (Lipinski definition) is 1. The lowest BCUT2D eigenvalue weighted by Gasteiger charge is -2.27. The summed E-state index contributed by atoms with van der Waals surface area (Å²) in [5.41, 5.74) is 2.36. The van der Waals surface area contributed by atoms with E-state index in [0.29, 0.717) is 5.92 Å². The van der Waals surface area contributed by atoms with Crippen LogP contribution in [0.5, 0.6) is 0 Å². The van der Waals surface area contributed by atoms with Crippen LogP contribution in [0.2, 0.25) is 0 Å². The highest BCUT2D eigenvalue weighted by Gasteiger charge is 2.25. The Kier molecular flexibility index (Phi) is 6.46. The molecule has 0 fully saturated rings. The lowest BCUT2D eigenvalue weighted by molar-refractivity contribution is 0.366. The largest absolute Gasteiger partial charge is 0.316 e. The zero-order valence-corrected chi connectivity index (χ0v) is 15.0. The van der Waals surface area contributed by atoms with E-state index in [4.69, 9.17) is 0 Å². The molecule has 1 atom stereocenters. The van der Waals surface area contributed by atoms with E-state index in [2.05, 4.69) is 71.4 Å². The van der Waals surface area contributed by atoms with Gasteiger partial charge in [-0.1, -0.05) is 26.8 Å². The molecule has 3 nitrogen and oxygen atoms in total. The van der Waals surface area contributed by atoms with Crippen LogP contribution in [0.25, 0.3) is 0 Å². The molecule has 0 aromatic carbocycles. The van der Waals surface area contributed by atoms with E-state index in [1.54, 1.807) is 0 Å². The summed E-state index contributed by atoms with van der Waals surface area (Å²) < 4.78 is 3.22. The third-order valence-corrected chi connectivity index (χ3v) is 4.63. The Labute approximate surface area is 132 Å². The third-order valence-electron chi connectivity index (χ3n) is 3.60. The SMILES string of the molecule is C=CC(C)(CNCC(C)C)Cc1c(Br)c(C)nn1CC. The maximum Gasteiger partial charge on any atom is 0.0738 e. The minimum absolute atomic E-state index is 0.0385. The Morgan fingerprint density at radius 3 is 2.65 bits per heavy atom. The molecule has 1 aromatic heterocycles. The average Bonchev–Trinajstić information content (AvgIpc) is 2.66. The predicted octanol–water partition coefficient (Wildman–Crippen LogP) is 3.95. The van der Waals surface area contributed by atoms with Crippen LogP contribution in [0.15, 0.2) is 17.1 Å². The van der Waals surface area contributed by atoms with E-state index in [-0.39, 0.29) is 5.41 Å². The third kappa shape index (κ3) is 4.45. The number of halogens is 1. The van der Waals surface area contributed by atoms with Gasteiger partial charge in [-0.3, -0.25) is 4.68 Å². The summed E-state index contributed by atoms with van der Waals surface area (Å²) in [4.78, 5) is 0. The monoisotopic (exact) mass is 341 g/mol. The summed E-state index contributed by atoms with van der Waals surface area (Å²) in [7, 11) is 0. The van der Waals surface area contributed by atoms with Crippen LogP contribution >= 0.6 is 15.9 Å². The van der Waals surface area contributed by atoms with Crippen molar-refractivity contribution >= 4 is 15.9 Å². The fraction of sp³-hybridized carbons (Fsp3) is 0.688. The molecular weight excluding hydrogens is 314 g/mol. The molecule has 1 rings (SSSR count). The summed E-state index contributed by atoms with van der Waals surface area (Å²) in [5.74, 6) is 0.666. The van der Waals surface area contributed by atoms with E-state index < -0.39 is 0 Å². The smallest absolute Gasteiger partial charge is 0.0738 e. The summed E-state index contributed by atoms with van der Waals surface area (Å²) in [5, 5.41) is 8.11. The zero-order chi connectivity index (χ0) is 15.3. The molecule has 0 saturated carbocycles. The minimum Gasteiger partial charge on any atom is -0.316 e. The number of hydrogen-bond acceptors (Lipinski definition) is 2. The van der Waals surface area contributed by atoms with Gasteiger partial charge in [0.15, 0.2) is 0 Å². The quantitative estimate of drug-likeness (QED) is 0.725. The molecule has 0 radical (unpaired) electrons. The van der Waals surface area contributed by atoms with Crippen molar-refractivity contribution in [3.8, 4) is 0 Å².